The van der Waals surface area contributed by atoms with Crippen LogP contribution in [0.25, 0.3) is 0 Å². The van der Waals surface area contributed by atoms with E-state index in [1.807, 2.05) is 42.2 Å². The molecular formula is C25H27N3O3. The summed E-state index contributed by atoms with van der Waals surface area (Å²) in [6.07, 6.45) is 3.47. The number of hydrogen-bond acceptors (Lipinski definition) is 4. The van der Waals surface area contributed by atoms with E-state index in [2.05, 4.69) is 12.2 Å². The van der Waals surface area contributed by atoms with E-state index in [0.29, 0.717) is 22.9 Å². The first-order valence-electron chi connectivity index (χ1n) is 10.7. The summed E-state index contributed by atoms with van der Waals surface area (Å²) in [7, 11) is 0. The molecule has 0 saturated carbocycles. The maximum absolute atomic E-state index is 12.9. The molecule has 2 aliphatic rings. The van der Waals surface area contributed by atoms with Crippen molar-refractivity contribution in [2.24, 2.45) is 5.92 Å². The summed E-state index contributed by atoms with van der Waals surface area (Å²) < 4.78 is 0. The molecule has 2 aromatic carbocycles. The van der Waals surface area contributed by atoms with Crippen molar-refractivity contribution in [2.75, 3.05) is 18.0 Å². The van der Waals surface area contributed by atoms with Crippen LogP contribution in [-0.4, -0.2) is 35.7 Å². The van der Waals surface area contributed by atoms with Crippen LogP contribution in [0.2, 0.25) is 0 Å². The Hall–Kier alpha value is -3.41. The van der Waals surface area contributed by atoms with E-state index in [0.717, 1.165) is 31.5 Å². The van der Waals surface area contributed by atoms with Gasteiger partial charge in [0, 0.05) is 24.7 Å². The Morgan fingerprint density at radius 2 is 1.65 bits per heavy atom. The second kappa shape index (κ2) is 8.76. The van der Waals surface area contributed by atoms with Crippen LogP contribution >= 0.6 is 0 Å². The van der Waals surface area contributed by atoms with Gasteiger partial charge in [0.25, 0.3) is 17.7 Å². The van der Waals surface area contributed by atoms with Crippen LogP contribution in [0.3, 0.4) is 0 Å². The molecule has 1 atom stereocenters. The fraction of sp³-hybridized carbons (Fsp3) is 0.320. The Morgan fingerprint density at radius 3 is 2.29 bits per heavy atom. The Morgan fingerprint density at radius 1 is 1.00 bits per heavy atom. The molecule has 2 aromatic rings. The minimum Gasteiger partial charge on any atom is -0.367 e. The van der Waals surface area contributed by atoms with Crippen molar-refractivity contribution >= 4 is 23.4 Å². The molecule has 0 radical (unpaired) electrons. The number of rotatable bonds is 5. The monoisotopic (exact) mass is 417 g/mol. The molecule has 6 nitrogen and oxygen atoms in total. The first-order chi connectivity index (χ1) is 14.9. The van der Waals surface area contributed by atoms with E-state index in [1.54, 1.807) is 24.3 Å². The third kappa shape index (κ3) is 4.38. The van der Waals surface area contributed by atoms with Gasteiger partial charge in [0.1, 0.15) is 5.70 Å². The molecule has 31 heavy (non-hydrogen) atoms. The standard InChI is InChI=1S/C25H27N3O3/c1-17-12-14-27(15-13-17)22-16-23(29)28(25(22)31)21-10-8-20(9-11-21)24(30)26-18(2)19-6-4-3-5-7-19/h3-11,16-18H,12-15H2,1-2H3,(H,26,30)/t18-/m0/s1. The molecule has 0 spiro atoms. The van der Waals surface area contributed by atoms with E-state index in [4.69, 9.17) is 0 Å². The fourth-order valence-corrected chi connectivity index (χ4v) is 4.05. The topological polar surface area (TPSA) is 69.7 Å². The summed E-state index contributed by atoms with van der Waals surface area (Å²) in [5.74, 6) is -0.199. The van der Waals surface area contributed by atoms with Gasteiger partial charge in [0.05, 0.1) is 11.7 Å². The molecule has 2 heterocycles. The largest absolute Gasteiger partial charge is 0.367 e. The highest BCUT2D eigenvalue weighted by molar-refractivity contribution is 6.30. The van der Waals surface area contributed by atoms with Crippen LogP contribution in [0, 0.1) is 5.92 Å². The van der Waals surface area contributed by atoms with Crippen molar-refractivity contribution in [3.8, 4) is 0 Å². The van der Waals surface area contributed by atoms with Gasteiger partial charge in [-0.05, 0) is 55.5 Å². The lowest BCUT2D eigenvalue weighted by Gasteiger charge is -2.32. The molecule has 6 heteroatoms. The predicted octanol–water partition coefficient (Wildman–Crippen LogP) is 3.67. The SMILES string of the molecule is CC1CCN(C2=CC(=O)N(c3ccc(C(=O)N[C@@H](C)c4ccccc4)cc3)C2=O)CC1. The summed E-state index contributed by atoms with van der Waals surface area (Å²) in [4.78, 5) is 41.3. The van der Waals surface area contributed by atoms with Crippen LogP contribution in [0.15, 0.2) is 66.4 Å². The van der Waals surface area contributed by atoms with Crippen molar-refractivity contribution in [2.45, 2.75) is 32.7 Å². The molecule has 3 amide bonds. The molecule has 1 saturated heterocycles. The number of nitrogens with zero attached hydrogens (tertiary/aromatic N) is 2. The Bertz CT molecular complexity index is 1010. The van der Waals surface area contributed by atoms with Crippen LogP contribution in [-0.2, 0) is 9.59 Å². The van der Waals surface area contributed by atoms with E-state index < -0.39 is 0 Å². The van der Waals surface area contributed by atoms with Crippen molar-refractivity contribution in [3.63, 3.8) is 0 Å². The number of carbonyl (C=O) groups is 3. The molecule has 0 unspecified atom stereocenters. The van der Waals surface area contributed by atoms with Crippen molar-refractivity contribution in [1.29, 1.82) is 0 Å². The van der Waals surface area contributed by atoms with Gasteiger partial charge < -0.3 is 10.2 Å². The number of nitrogens with one attached hydrogen (secondary N) is 1. The van der Waals surface area contributed by atoms with E-state index in [9.17, 15) is 14.4 Å². The average molecular weight is 418 g/mol. The zero-order chi connectivity index (χ0) is 22.0. The molecule has 0 aliphatic carbocycles. The molecular weight excluding hydrogens is 390 g/mol. The van der Waals surface area contributed by atoms with Gasteiger partial charge in [-0.1, -0.05) is 37.3 Å². The molecule has 2 aliphatic heterocycles. The number of anilines is 1. The van der Waals surface area contributed by atoms with Crippen molar-refractivity contribution in [3.05, 3.63) is 77.5 Å². The van der Waals surface area contributed by atoms with E-state index >= 15 is 0 Å². The number of piperidine rings is 1. The molecule has 0 bridgehead atoms. The third-order valence-corrected chi connectivity index (χ3v) is 6.06. The van der Waals surface area contributed by atoms with Crippen LogP contribution in [0.1, 0.15) is 48.7 Å². The zero-order valence-electron chi connectivity index (χ0n) is 17.9. The smallest absolute Gasteiger partial charge is 0.281 e. The van der Waals surface area contributed by atoms with Crippen molar-refractivity contribution in [1.82, 2.24) is 10.2 Å². The lowest BCUT2D eigenvalue weighted by atomic mass is 9.99. The van der Waals surface area contributed by atoms with Gasteiger partial charge in [-0.15, -0.1) is 0 Å². The van der Waals surface area contributed by atoms with E-state index in [1.165, 1.54) is 11.0 Å². The normalized spacial score (nSPS) is 18.2. The molecule has 160 valence electrons. The maximum atomic E-state index is 12.9. The van der Waals surface area contributed by atoms with Crippen molar-refractivity contribution < 1.29 is 14.4 Å². The second-order valence-electron chi connectivity index (χ2n) is 8.33. The number of amides is 3. The lowest BCUT2D eigenvalue weighted by Crippen LogP contribution is -2.38. The Kier molecular flexibility index (Phi) is 5.89. The molecule has 1 N–H and O–H groups in total. The van der Waals surface area contributed by atoms with Gasteiger partial charge in [0.15, 0.2) is 0 Å². The van der Waals surface area contributed by atoms with Gasteiger partial charge in [-0.2, -0.15) is 0 Å². The van der Waals surface area contributed by atoms with E-state index in [-0.39, 0.29) is 23.8 Å². The summed E-state index contributed by atoms with van der Waals surface area (Å²) >= 11 is 0. The summed E-state index contributed by atoms with van der Waals surface area (Å²) in [6.45, 7) is 5.72. The molecule has 0 aromatic heterocycles. The second-order valence-corrected chi connectivity index (χ2v) is 8.33. The Labute approximate surface area is 182 Å². The minimum absolute atomic E-state index is 0.130. The lowest BCUT2D eigenvalue weighted by molar-refractivity contribution is -0.121. The highest BCUT2D eigenvalue weighted by Gasteiger charge is 2.36. The maximum Gasteiger partial charge on any atom is 0.281 e. The summed E-state index contributed by atoms with van der Waals surface area (Å²) in [5.41, 5.74) is 2.44. The predicted molar refractivity (Wildman–Crippen MR) is 119 cm³/mol. The summed E-state index contributed by atoms with van der Waals surface area (Å²) in [6, 6.07) is 16.2. The number of carbonyl (C=O) groups excluding carboxylic acids is 3. The highest BCUT2D eigenvalue weighted by Crippen LogP contribution is 2.28. The highest BCUT2D eigenvalue weighted by atomic mass is 16.2. The van der Waals surface area contributed by atoms with Crippen LogP contribution < -0.4 is 10.2 Å². The molecule has 4 rings (SSSR count). The van der Waals surface area contributed by atoms with Gasteiger partial charge in [-0.3, -0.25) is 14.4 Å². The quantitative estimate of drug-likeness (QED) is 0.754. The number of hydrogen-bond donors (Lipinski definition) is 1. The Balaban J connectivity index is 1.43. The van der Waals surface area contributed by atoms with Crippen LogP contribution in [0.4, 0.5) is 5.69 Å². The number of benzene rings is 2. The minimum atomic E-state index is -0.339. The first kappa shape index (κ1) is 20.8. The van der Waals surface area contributed by atoms with Gasteiger partial charge in [0.2, 0.25) is 0 Å². The number of imide groups is 1. The van der Waals surface area contributed by atoms with Crippen LogP contribution in [0.5, 0.6) is 0 Å². The van der Waals surface area contributed by atoms with Gasteiger partial charge >= 0.3 is 0 Å². The molecule has 1 fully saturated rings. The number of likely N-dealkylation sites (tertiary alicyclic amines) is 1. The third-order valence-electron chi connectivity index (χ3n) is 6.06. The fourth-order valence-electron chi connectivity index (χ4n) is 4.05. The summed E-state index contributed by atoms with van der Waals surface area (Å²) in [5, 5.41) is 2.97. The zero-order valence-corrected chi connectivity index (χ0v) is 17.9. The first-order valence-corrected chi connectivity index (χ1v) is 10.7. The van der Waals surface area contributed by atoms with Gasteiger partial charge in [-0.25, -0.2) is 4.90 Å². The average Bonchev–Trinajstić information content (AvgIpc) is 3.08.